The predicted molar refractivity (Wildman–Crippen MR) is 132 cm³/mol. The third-order valence-electron chi connectivity index (χ3n) is 6.79. The number of nitrogens with one attached hydrogen (secondary N) is 2. The summed E-state index contributed by atoms with van der Waals surface area (Å²) in [5.74, 6) is -0.995. The Kier molecular flexibility index (Phi) is 11.5. The lowest BCUT2D eigenvalue weighted by atomic mass is 9.74. The lowest BCUT2D eigenvalue weighted by Crippen LogP contribution is -2.57. The van der Waals surface area contributed by atoms with Gasteiger partial charge in [-0.1, -0.05) is 37.6 Å². The predicted octanol–water partition coefficient (Wildman–Crippen LogP) is 3.51. The lowest BCUT2D eigenvalue weighted by Gasteiger charge is -2.43. The molecule has 1 saturated heterocycles. The van der Waals surface area contributed by atoms with E-state index in [1.54, 1.807) is 31.2 Å². The fraction of sp³-hybridized carbons (Fsp3) is 0.720. The maximum absolute atomic E-state index is 15.1. The average Bonchev–Trinajstić information content (AvgIpc) is 2.82. The molecule has 1 aromatic carbocycles. The largest absolute Gasteiger partial charge is 0.391 e. The molecular weight excluding hydrogens is 461 g/mol. The number of benzene rings is 1. The van der Waals surface area contributed by atoms with Gasteiger partial charge in [0.1, 0.15) is 5.82 Å². The van der Waals surface area contributed by atoms with E-state index < -0.39 is 23.6 Å². The van der Waals surface area contributed by atoms with Gasteiger partial charge in [-0.3, -0.25) is 0 Å². The number of likely N-dealkylation sites (N-methyl/N-ethyl adjacent to an activating group) is 1. The molecule has 0 radical (unpaired) electrons. The fourth-order valence-corrected chi connectivity index (χ4v) is 4.96. The highest BCUT2D eigenvalue weighted by atomic mass is 35.5. The number of hydrogen-bond acceptors (Lipinski definition) is 5. The molecule has 4 N–H and O–H groups in total. The number of aliphatic hydroxyl groups excluding tert-OH is 1. The molecule has 7 nitrogen and oxygen atoms in total. The number of ether oxygens (including phenoxy) is 1. The Balaban J connectivity index is 2.23. The van der Waals surface area contributed by atoms with Gasteiger partial charge in [0.05, 0.1) is 22.8 Å². The molecule has 0 aliphatic carbocycles. The highest BCUT2D eigenvalue weighted by Crippen LogP contribution is 2.42. The van der Waals surface area contributed by atoms with E-state index in [0.717, 1.165) is 6.42 Å². The molecule has 0 aromatic heterocycles. The molecule has 0 bridgehead atoms. The number of carbonyl (C=O) groups excluding carboxylic acids is 1. The Morgan fingerprint density at radius 1 is 1.38 bits per heavy atom. The molecule has 1 aromatic rings. The van der Waals surface area contributed by atoms with E-state index in [9.17, 15) is 15.0 Å². The van der Waals surface area contributed by atoms with Crippen LogP contribution in [0.1, 0.15) is 51.5 Å². The minimum Gasteiger partial charge on any atom is -0.391 e. The number of piperidine rings is 1. The van der Waals surface area contributed by atoms with Crippen molar-refractivity contribution < 1.29 is 24.1 Å². The molecule has 9 heteroatoms. The van der Waals surface area contributed by atoms with Crippen LogP contribution in [-0.4, -0.2) is 73.7 Å². The highest BCUT2D eigenvalue weighted by molar-refractivity contribution is 6.30. The Hall–Kier alpha value is -1.45. The van der Waals surface area contributed by atoms with Crippen molar-refractivity contribution in [1.82, 2.24) is 15.5 Å². The van der Waals surface area contributed by atoms with Crippen LogP contribution in [0, 0.1) is 17.7 Å². The van der Waals surface area contributed by atoms with Gasteiger partial charge in [-0.05, 0) is 51.1 Å². The summed E-state index contributed by atoms with van der Waals surface area (Å²) in [4.78, 5) is 14.8. The lowest BCUT2D eigenvalue weighted by molar-refractivity contribution is -0.0589. The van der Waals surface area contributed by atoms with Crippen molar-refractivity contribution in [3.63, 3.8) is 0 Å². The van der Waals surface area contributed by atoms with Gasteiger partial charge in [0.25, 0.3) is 0 Å². The maximum Gasteiger partial charge on any atom is 0.317 e. The van der Waals surface area contributed by atoms with Crippen molar-refractivity contribution >= 4 is 17.6 Å². The van der Waals surface area contributed by atoms with Crippen molar-refractivity contribution in [2.75, 3.05) is 40.4 Å². The van der Waals surface area contributed by atoms with Crippen LogP contribution in [0.3, 0.4) is 0 Å². The molecule has 4 unspecified atom stereocenters. The maximum atomic E-state index is 15.1. The second-order valence-corrected chi connectivity index (χ2v) is 10.0. The summed E-state index contributed by atoms with van der Waals surface area (Å²) in [5, 5.41) is 28.3. The van der Waals surface area contributed by atoms with Gasteiger partial charge in [-0.25, -0.2) is 9.18 Å². The average molecular weight is 502 g/mol. The van der Waals surface area contributed by atoms with E-state index in [1.165, 1.54) is 6.07 Å². The van der Waals surface area contributed by atoms with Crippen molar-refractivity contribution in [2.45, 2.75) is 63.7 Å². The summed E-state index contributed by atoms with van der Waals surface area (Å²) in [6.07, 6.45) is 2.35. The number of unbranched alkanes of at least 4 members (excludes halogenated alkanes) is 1. The topological polar surface area (TPSA) is 94.1 Å². The first kappa shape index (κ1) is 28.8. The van der Waals surface area contributed by atoms with Gasteiger partial charge in [0.15, 0.2) is 0 Å². The van der Waals surface area contributed by atoms with Crippen LogP contribution in [-0.2, 0) is 10.3 Å². The Bertz CT molecular complexity index is 785. The third-order valence-corrected chi connectivity index (χ3v) is 7.08. The number of likely N-dealkylation sites (tertiary alicyclic amines) is 1. The molecule has 2 amide bonds. The molecule has 34 heavy (non-hydrogen) atoms. The standard InChI is InChI=1S/C25H41ClFN3O4/c1-17(2)23(31)21(15-28-3)29-24(32)30-13-8-9-18(16-30)25(33,12-5-6-14-34-4)19-10-7-11-20(26)22(19)27/h7,10-11,17-18,21,23,28,31,33H,5-6,8-9,12-16H2,1-4H3,(H,29,32). The van der Waals surface area contributed by atoms with E-state index in [4.69, 9.17) is 16.3 Å². The highest BCUT2D eigenvalue weighted by Gasteiger charge is 2.43. The molecule has 0 saturated carbocycles. The summed E-state index contributed by atoms with van der Waals surface area (Å²) in [5.41, 5.74) is -1.29. The van der Waals surface area contributed by atoms with Gasteiger partial charge in [-0.15, -0.1) is 0 Å². The molecule has 1 aliphatic heterocycles. The van der Waals surface area contributed by atoms with Gasteiger partial charge in [-0.2, -0.15) is 0 Å². The fourth-order valence-electron chi connectivity index (χ4n) is 4.78. The number of amides is 2. The number of rotatable bonds is 12. The van der Waals surface area contributed by atoms with Crippen LogP contribution in [0.25, 0.3) is 0 Å². The number of hydrogen-bond donors (Lipinski definition) is 4. The second kappa shape index (κ2) is 13.6. The second-order valence-electron chi connectivity index (χ2n) is 9.61. The quantitative estimate of drug-likeness (QED) is 0.329. The number of aliphatic hydroxyl groups is 2. The summed E-state index contributed by atoms with van der Waals surface area (Å²) in [6, 6.07) is 3.95. The molecule has 1 aliphatic rings. The van der Waals surface area contributed by atoms with Crippen molar-refractivity contribution in [1.29, 1.82) is 0 Å². The molecule has 1 fully saturated rings. The van der Waals surface area contributed by atoms with Crippen LogP contribution in [0.2, 0.25) is 5.02 Å². The van der Waals surface area contributed by atoms with Crippen LogP contribution in [0.4, 0.5) is 9.18 Å². The first-order valence-corrected chi connectivity index (χ1v) is 12.6. The molecule has 2 rings (SSSR count). The summed E-state index contributed by atoms with van der Waals surface area (Å²) in [7, 11) is 3.39. The zero-order valence-electron chi connectivity index (χ0n) is 20.8. The Morgan fingerprint density at radius 3 is 2.76 bits per heavy atom. The van der Waals surface area contributed by atoms with Crippen LogP contribution >= 0.6 is 11.6 Å². The van der Waals surface area contributed by atoms with Crippen LogP contribution in [0.15, 0.2) is 18.2 Å². The zero-order chi connectivity index (χ0) is 25.3. The van der Waals surface area contributed by atoms with Gasteiger partial charge in [0, 0.05) is 44.8 Å². The van der Waals surface area contributed by atoms with Crippen molar-refractivity contribution in [3.05, 3.63) is 34.6 Å². The van der Waals surface area contributed by atoms with E-state index in [-0.39, 0.29) is 35.0 Å². The van der Waals surface area contributed by atoms with E-state index in [0.29, 0.717) is 45.4 Å². The number of halogens is 2. The van der Waals surface area contributed by atoms with Gasteiger partial charge in [0.2, 0.25) is 0 Å². The van der Waals surface area contributed by atoms with Gasteiger partial charge < -0.3 is 30.5 Å². The van der Waals surface area contributed by atoms with Crippen molar-refractivity contribution in [3.8, 4) is 0 Å². The van der Waals surface area contributed by atoms with Gasteiger partial charge >= 0.3 is 6.03 Å². The summed E-state index contributed by atoms with van der Waals surface area (Å²) >= 11 is 6.05. The number of urea groups is 1. The summed E-state index contributed by atoms with van der Waals surface area (Å²) in [6.45, 7) is 5.60. The monoisotopic (exact) mass is 501 g/mol. The molecular formula is C25H41ClFN3O4. The Morgan fingerprint density at radius 2 is 2.12 bits per heavy atom. The molecule has 1 heterocycles. The first-order chi connectivity index (χ1) is 16.2. The SMILES string of the molecule is CNCC(NC(=O)N1CCCC(C(O)(CCCCOC)c2cccc(Cl)c2F)C1)C(O)C(C)C. The zero-order valence-corrected chi connectivity index (χ0v) is 21.6. The molecule has 0 spiro atoms. The van der Waals surface area contributed by atoms with Crippen LogP contribution < -0.4 is 10.6 Å². The number of carbonyl (C=O) groups is 1. The van der Waals surface area contributed by atoms with E-state index in [2.05, 4.69) is 10.6 Å². The number of nitrogens with zero attached hydrogens (tertiary/aromatic N) is 1. The minimum absolute atomic E-state index is 0.0178. The molecule has 194 valence electrons. The van der Waals surface area contributed by atoms with Crippen LogP contribution in [0.5, 0.6) is 0 Å². The normalized spacial score (nSPS) is 20.1. The van der Waals surface area contributed by atoms with Crippen molar-refractivity contribution in [2.24, 2.45) is 11.8 Å². The molecule has 4 atom stereocenters. The first-order valence-electron chi connectivity index (χ1n) is 12.2. The smallest absolute Gasteiger partial charge is 0.317 e. The summed E-state index contributed by atoms with van der Waals surface area (Å²) < 4.78 is 20.2. The number of methoxy groups -OCH3 is 1. The Labute approximate surface area is 208 Å². The third kappa shape index (κ3) is 7.28. The van der Waals surface area contributed by atoms with E-state index >= 15 is 4.39 Å². The van der Waals surface area contributed by atoms with E-state index in [1.807, 2.05) is 13.8 Å². The minimum atomic E-state index is -1.47.